The van der Waals surface area contributed by atoms with Crippen molar-refractivity contribution in [3.63, 3.8) is 0 Å². The van der Waals surface area contributed by atoms with E-state index in [1.807, 2.05) is 30.5 Å². The summed E-state index contributed by atoms with van der Waals surface area (Å²) in [6.07, 6.45) is 14.8. The fraction of sp³-hybridized carbons (Fsp3) is 0.379. The Morgan fingerprint density at radius 1 is 1.06 bits per heavy atom. The lowest BCUT2D eigenvalue weighted by Gasteiger charge is -2.14. The first kappa shape index (κ1) is 24.5. The molecule has 2 aromatic carbocycles. The van der Waals surface area contributed by atoms with E-state index in [2.05, 4.69) is 48.4 Å². The van der Waals surface area contributed by atoms with Gasteiger partial charge in [0, 0.05) is 29.9 Å². The Bertz CT molecular complexity index is 1060. The fourth-order valence-electron chi connectivity index (χ4n) is 4.26. The molecule has 1 aromatic heterocycles. The Morgan fingerprint density at radius 2 is 1.94 bits per heavy atom. The van der Waals surface area contributed by atoms with Gasteiger partial charge in [-0.15, -0.1) is 0 Å². The Kier molecular flexibility index (Phi) is 9.49. The van der Waals surface area contributed by atoms with E-state index < -0.39 is 0 Å². The Balaban J connectivity index is 1.65. The van der Waals surface area contributed by atoms with E-state index in [0.29, 0.717) is 0 Å². The summed E-state index contributed by atoms with van der Waals surface area (Å²) in [5, 5.41) is 5.43. The maximum absolute atomic E-state index is 12.6. The zero-order chi connectivity index (χ0) is 23.5. The van der Waals surface area contributed by atoms with Crippen LogP contribution < -0.4 is 10.1 Å². The smallest absolute Gasteiger partial charge is 0.244 e. The number of hydrogen-bond acceptors (Lipinski definition) is 3. The molecule has 0 spiro atoms. The summed E-state index contributed by atoms with van der Waals surface area (Å²) >= 11 is 0. The number of carbonyl (C=O) groups excluding carboxylic acids is 1. The van der Waals surface area contributed by atoms with Crippen molar-refractivity contribution in [2.75, 3.05) is 7.11 Å². The summed E-state index contributed by atoms with van der Waals surface area (Å²) in [7, 11) is 1.71. The van der Waals surface area contributed by atoms with Crippen molar-refractivity contribution < 1.29 is 9.53 Å². The van der Waals surface area contributed by atoms with Gasteiger partial charge in [0.15, 0.2) is 0 Å². The molecule has 1 N–H and O–H groups in total. The number of nitrogens with one attached hydrogen (secondary N) is 1. The average Bonchev–Trinajstić information content (AvgIpc) is 2.83. The van der Waals surface area contributed by atoms with Gasteiger partial charge < -0.3 is 10.1 Å². The molecule has 1 amide bonds. The van der Waals surface area contributed by atoms with Crippen LogP contribution in [0.2, 0.25) is 0 Å². The normalized spacial score (nSPS) is 12.2. The van der Waals surface area contributed by atoms with Gasteiger partial charge in [0.1, 0.15) is 5.75 Å². The van der Waals surface area contributed by atoms with Crippen LogP contribution in [0, 0.1) is 0 Å². The highest BCUT2D eigenvalue weighted by molar-refractivity contribution is 5.96. The van der Waals surface area contributed by atoms with Crippen LogP contribution in [0.5, 0.6) is 5.75 Å². The maximum Gasteiger partial charge on any atom is 0.244 e. The minimum Gasteiger partial charge on any atom is -0.496 e. The van der Waals surface area contributed by atoms with E-state index in [0.717, 1.165) is 48.8 Å². The second-order valence-electron chi connectivity index (χ2n) is 8.64. The molecule has 4 nitrogen and oxygen atoms in total. The topological polar surface area (TPSA) is 51.2 Å². The molecule has 174 valence electrons. The number of pyridine rings is 1. The standard InChI is InChI=1S/C29H36N2O2/c1-4-5-6-13-25-24(16-18-27-26(25)14-8-15-28(27)33-3)17-19-29(32)31-22(2)10-7-11-23-12-9-20-30-21-23/h8-9,12,14-22H,4-7,10-11,13H2,1-3H3,(H,31,32)/b19-17+/t22-/m1/s1. The minimum absolute atomic E-state index is 0.0471. The zero-order valence-corrected chi connectivity index (χ0v) is 20.1. The van der Waals surface area contributed by atoms with Gasteiger partial charge >= 0.3 is 0 Å². The first-order valence-corrected chi connectivity index (χ1v) is 12.1. The zero-order valence-electron chi connectivity index (χ0n) is 20.1. The first-order valence-electron chi connectivity index (χ1n) is 12.1. The lowest BCUT2D eigenvalue weighted by atomic mass is 9.94. The van der Waals surface area contributed by atoms with Gasteiger partial charge in [0.2, 0.25) is 5.91 Å². The molecule has 0 unspecified atom stereocenters. The first-order chi connectivity index (χ1) is 16.1. The Hall–Kier alpha value is -3.14. The Labute approximate surface area is 198 Å². The summed E-state index contributed by atoms with van der Waals surface area (Å²) < 4.78 is 5.56. The third-order valence-corrected chi connectivity index (χ3v) is 6.05. The van der Waals surface area contributed by atoms with Crippen LogP contribution in [0.4, 0.5) is 0 Å². The molecule has 3 aromatic rings. The molecular weight excluding hydrogens is 408 g/mol. The van der Waals surface area contributed by atoms with Crippen molar-refractivity contribution >= 4 is 22.8 Å². The minimum atomic E-state index is -0.0471. The van der Waals surface area contributed by atoms with E-state index in [4.69, 9.17) is 4.74 Å². The van der Waals surface area contributed by atoms with E-state index in [1.54, 1.807) is 19.4 Å². The van der Waals surface area contributed by atoms with Crippen LogP contribution in [-0.4, -0.2) is 24.0 Å². The number of benzene rings is 2. The van der Waals surface area contributed by atoms with E-state index >= 15 is 0 Å². The lowest BCUT2D eigenvalue weighted by Crippen LogP contribution is -2.31. The predicted molar refractivity (Wildman–Crippen MR) is 138 cm³/mol. The van der Waals surface area contributed by atoms with E-state index in [1.165, 1.54) is 29.4 Å². The van der Waals surface area contributed by atoms with Crippen molar-refractivity contribution in [3.8, 4) is 5.75 Å². The second-order valence-corrected chi connectivity index (χ2v) is 8.64. The number of fused-ring (bicyclic) bond motifs is 1. The number of carbonyl (C=O) groups is 1. The van der Waals surface area contributed by atoms with Crippen molar-refractivity contribution in [2.45, 2.75) is 64.8 Å². The largest absolute Gasteiger partial charge is 0.496 e. The van der Waals surface area contributed by atoms with Crippen LogP contribution in [0.15, 0.2) is 60.9 Å². The highest BCUT2D eigenvalue weighted by atomic mass is 16.5. The molecule has 0 bridgehead atoms. The van der Waals surface area contributed by atoms with Crippen molar-refractivity contribution in [1.82, 2.24) is 10.3 Å². The van der Waals surface area contributed by atoms with Crippen molar-refractivity contribution in [1.29, 1.82) is 0 Å². The molecule has 0 radical (unpaired) electrons. The molecule has 0 aliphatic rings. The summed E-state index contributed by atoms with van der Waals surface area (Å²) in [5.74, 6) is 0.840. The van der Waals surface area contributed by atoms with Crippen LogP contribution >= 0.6 is 0 Å². The molecule has 1 atom stereocenters. The summed E-state index contributed by atoms with van der Waals surface area (Å²) in [6.45, 7) is 4.28. The summed E-state index contributed by atoms with van der Waals surface area (Å²) in [5.41, 5.74) is 3.62. The van der Waals surface area contributed by atoms with E-state index in [9.17, 15) is 4.79 Å². The number of amides is 1. The number of nitrogens with zero attached hydrogens (tertiary/aromatic N) is 1. The van der Waals surface area contributed by atoms with Crippen molar-refractivity contribution in [2.24, 2.45) is 0 Å². The molecule has 0 saturated carbocycles. The Morgan fingerprint density at radius 3 is 2.70 bits per heavy atom. The molecule has 1 heterocycles. The van der Waals surface area contributed by atoms with Crippen LogP contribution in [-0.2, 0) is 17.6 Å². The number of aromatic nitrogens is 1. The SMILES string of the molecule is CCCCCc1c(/C=C/C(=O)N[C@H](C)CCCc2cccnc2)ccc2c(OC)cccc12. The number of methoxy groups -OCH3 is 1. The highest BCUT2D eigenvalue weighted by Crippen LogP contribution is 2.31. The molecule has 0 aliphatic heterocycles. The average molecular weight is 445 g/mol. The molecule has 4 heteroatoms. The van der Waals surface area contributed by atoms with Crippen LogP contribution in [0.1, 0.15) is 62.6 Å². The number of rotatable bonds is 12. The van der Waals surface area contributed by atoms with Crippen molar-refractivity contribution in [3.05, 3.63) is 77.6 Å². The summed E-state index contributed by atoms with van der Waals surface area (Å²) in [4.78, 5) is 16.7. The number of hydrogen-bond donors (Lipinski definition) is 1. The fourth-order valence-corrected chi connectivity index (χ4v) is 4.26. The molecular formula is C29H36N2O2. The lowest BCUT2D eigenvalue weighted by molar-refractivity contribution is -0.117. The maximum atomic E-state index is 12.6. The monoisotopic (exact) mass is 444 g/mol. The third-order valence-electron chi connectivity index (χ3n) is 6.05. The van der Waals surface area contributed by atoms with Crippen LogP contribution in [0.3, 0.4) is 0 Å². The van der Waals surface area contributed by atoms with Gasteiger partial charge in [-0.05, 0) is 79.3 Å². The van der Waals surface area contributed by atoms with Gasteiger partial charge in [-0.2, -0.15) is 0 Å². The predicted octanol–water partition coefficient (Wildman–Crippen LogP) is 6.52. The molecule has 0 fully saturated rings. The number of ether oxygens (including phenoxy) is 1. The van der Waals surface area contributed by atoms with E-state index in [-0.39, 0.29) is 11.9 Å². The highest BCUT2D eigenvalue weighted by Gasteiger charge is 2.10. The van der Waals surface area contributed by atoms with Gasteiger partial charge in [0.25, 0.3) is 0 Å². The summed E-state index contributed by atoms with van der Waals surface area (Å²) in [6, 6.07) is 14.6. The molecule has 3 rings (SSSR count). The van der Waals surface area contributed by atoms with Gasteiger partial charge in [-0.25, -0.2) is 0 Å². The molecule has 0 saturated heterocycles. The quantitative estimate of drug-likeness (QED) is 0.256. The second kappa shape index (κ2) is 12.8. The van der Waals surface area contributed by atoms with Gasteiger partial charge in [-0.3, -0.25) is 9.78 Å². The number of unbranched alkanes of at least 4 members (excludes halogenated alkanes) is 2. The third kappa shape index (κ3) is 7.18. The molecule has 33 heavy (non-hydrogen) atoms. The number of aryl methyl sites for hydroxylation is 2. The molecule has 0 aliphatic carbocycles. The van der Waals surface area contributed by atoms with Gasteiger partial charge in [-0.1, -0.05) is 50.1 Å². The van der Waals surface area contributed by atoms with Crippen LogP contribution in [0.25, 0.3) is 16.8 Å². The van der Waals surface area contributed by atoms with Gasteiger partial charge in [0.05, 0.1) is 7.11 Å².